The van der Waals surface area contributed by atoms with E-state index in [1.54, 1.807) is 0 Å². The lowest BCUT2D eigenvalue weighted by atomic mass is 10.3. The number of nitrogen functional groups attached to an aromatic ring is 1. The monoisotopic (exact) mass is 240 g/mol. The molecule has 96 valence electrons. The van der Waals surface area contributed by atoms with Crippen LogP contribution in [0.4, 0.5) is 11.9 Å². The van der Waals surface area contributed by atoms with Crippen molar-refractivity contribution in [2.24, 2.45) is 5.84 Å². The van der Waals surface area contributed by atoms with Crippen LogP contribution in [0.25, 0.3) is 0 Å². The van der Waals surface area contributed by atoms with Crippen LogP contribution >= 0.6 is 0 Å². The summed E-state index contributed by atoms with van der Waals surface area (Å²) in [6.45, 7) is 5.40. The van der Waals surface area contributed by atoms with E-state index in [9.17, 15) is 0 Å². The molecule has 1 heterocycles. The lowest BCUT2D eigenvalue weighted by molar-refractivity contribution is 0.312. The first-order valence-electron chi connectivity index (χ1n) is 5.77. The molecule has 0 atom stereocenters. The van der Waals surface area contributed by atoms with E-state index in [2.05, 4.69) is 27.3 Å². The molecule has 0 aliphatic heterocycles. The van der Waals surface area contributed by atoms with Crippen molar-refractivity contribution >= 4 is 11.9 Å². The van der Waals surface area contributed by atoms with Crippen molar-refractivity contribution in [3.8, 4) is 6.01 Å². The molecular weight excluding hydrogens is 220 g/mol. The van der Waals surface area contributed by atoms with E-state index in [4.69, 9.17) is 10.6 Å². The fourth-order valence-corrected chi connectivity index (χ4v) is 1.27. The summed E-state index contributed by atoms with van der Waals surface area (Å²) in [7, 11) is 1.93. The van der Waals surface area contributed by atoms with Crippen LogP contribution in [-0.2, 0) is 0 Å². The molecule has 1 aromatic heterocycles. The molecule has 17 heavy (non-hydrogen) atoms. The Morgan fingerprint density at radius 3 is 2.65 bits per heavy atom. The number of hydrogen-bond donors (Lipinski definition) is 2. The van der Waals surface area contributed by atoms with E-state index < -0.39 is 0 Å². The summed E-state index contributed by atoms with van der Waals surface area (Å²) in [6, 6.07) is 0.286. The summed E-state index contributed by atoms with van der Waals surface area (Å²) in [4.78, 5) is 14.3. The minimum Gasteiger partial charge on any atom is -0.464 e. The van der Waals surface area contributed by atoms with Crippen molar-refractivity contribution in [3.05, 3.63) is 0 Å². The van der Waals surface area contributed by atoms with Gasteiger partial charge in [-0.05, 0) is 13.3 Å². The molecule has 3 N–H and O–H groups in total. The van der Waals surface area contributed by atoms with Crippen LogP contribution in [0.2, 0.25) is 0 Å². The fourth-order valence-electron chi connectivity index (χ4n) is 1.27. The van der Waals surface area contributed by atoms with Crippen LogP contribution in [0.1, 0.15) is 26.7 Å². The summed E-state index contributed by atoms with van der Waals surface area (Å²) >= 11 is 0. The molecule has 0 spiro atoms. The highest BCUT2D eigenvalue weighted by Crippen LogP contribution is 2.13. The van der Waals surface area contributed by atoms with E-state index in [-0.39, 0.29) is 6.01 Å². The Balaban J connectivity index is 2.85. The highest BCUT2D eigenvalue weighted by Gasteiger charge is 2.10. The van der Waals surface area contributed by atoms with Gasteiger partial charge in [0.05, 0.1) is 6.61 Å². The molecule has 0 unspecified atom stereocenters. The number of hydrazine groups is 1. The fraction of sp³-hybridized carbons (Fsp3) is 0.700. The maximum atomic E-state index is 5.31. The second-order valence-electron chi connectivity index (χ2n) is 3.59. The zero-order valence-electron chi connectivity index (χ0n) is 10.6. The van der Waals surface area contributed by atoms with Gasteiger partial charge in [0.2, 0.25) is 11.9 Å². The van der Waals surface area contributed by atoms with E-state index in [1.807, 2.05) is 18.9 Å². The van der Waals surface area contributed by atoms with Crippen LogP contribution in [0.15, 0.2) is 0 Å². The SMILES string of the molecule is CCCCN(C)c1nc(NN)nc(OCC)n1. The van der Waals surface area contributed by atoms with Gasteiger partial charge >= 0.3 is 6.01 Å². The van der Waals surface area contributed by atoms with Crippen molar-refractivity contribution < 1.29 is 4.74 Å². The molecule has 0 saturated heterocycles. The number of anilines is 2. The first-order valence-corrected chi connectivity index (χ1v) is 5.77. The number of rotatable bonds is 7. The van der Waals surface area contributed by atoms with Gasteiger partial charge in [-0.25, -0.2) is 5.84 Å². The third kappa shape index (κ3) is 4.03. The van der Waals surface area contributed by atoms with Gasteiger partial charge in [-0.15, -0.1) is 0 Å². The van der Waals surface area contributed by atoms with Gasteiger partial charge in [-0.1, -0.05) is 13.3 Å². The van der Waals surface area contributed by atoms with E-state index in [0.29, 0.717) is 18.5 Å². The average Bonchev–Trinajstić information content (AvgIpc) is 2.35. The minimum atomic E-state index is 0.286. The average molecular weight is 240 g/mol. The van der Waals surface area contributed by atoms with Gasteiger partial charge in [-0.2, -0.15) is 15.0 Å². The van der Waals surface area contributed by atoms with Crippen molar-refractivity contribution in [2.45, 2.75) is 26.7 Å². The Kier molecular flexibility index (Phi) is 5.41. The zero-order chi connectivity index (χ0) is 12.7. The largest absolute Gasteiger partial charge is 0.464 e. The Morgan fingerprint density at radius 1 is 1.29 bits per heavy atom. The molecule has 0 saturated carbocycles. The van der Waals surface area contributed by atoms with Gasteiger partial charge in [0.1, 0.15) is 0 Å². The number of hydrogen-bond acceptors (Lipinski definition) is 7. The molecule has 0 radical (unpaired) electrons. The second kappa shape index (κ2) is 6.85. The van der Waals surface area contributed by atoms with Crippen molar-refractivity contribution in [1.82, 2.24) is 15.0 Å². The first kappa shape index (κ1) is 13.4. The lowest BCUT2D eigenvalue weighted by Gasteiger charge is -2.17. The highest BCUT2D eigenvalue weighted by atomic mass is 16.5. The first-order chi connectivity index (χ1) is 8.21. The smallest absolute Gasteiger partial charge is 0.323 e. The molecule has 0 aliphatic carbocycles. The lowest BCUT2D eigenvalue weighted by Crippen LogP contribution is -2.23. The summed E-state index contributed by atoms with van der Waals surface area (Å²) in [5, 5.41) is 0. The van der Waals surface area contributed by atoms with Gasteiger partial charge in [0.25, 0.3) is 0 Å². The number of unbranched alkanes of at least 4 members (excludes halogenated alkanes) is 1. The second-order valence-corrected chi connectivity index (χ2v) is 3.59. The van der Waals surface area contributed by atoms with E-state index in [0.717, 1.165) is 19.4 Å². The molecular formula is C10H20N6O. The Labute approximate surface area is 101 Å². The quantitative estimate of drug-likeness (QED) is 0.538. The summed E-state index contributed by atoms with van der Waals surface area (Å²) in [5.74, 6) is 6.17. The molecule has 7 nitrogen and oxygen atoms in total. The molecule has 0 fully saturated rings. The van der Waals surface area contributed by atoms with Gasteiger partial charge in [0.15, 0.2) is 0 Å². The molecule has 1 aromatic rings. The summed E-state index contributed by atoms with van der Waals surface area (Å²) in [6.07, 6.45) is 2.20. The predicted octanol–water partition coefficient (Wildman–Crippen LogP) is 0.792. The molecule has 0 bridgehead atoms. The third-order valence-electron chi connectivity index (χ3n) is 2.19. The highest BCUT2D eigenvalue weighted by molar-refractivity contribution is 5.36. The van der Waals surface area contributed by atoms with Crippen LogP contribution in [0, 0.1) is 0 Å². The van der Waals surface area contributed by atoms with Gasteiger partial charge < -0.3 is 9.64 Å². The third-order valence-corrected chi connectivity index (χ3v) is 2.19. The zero-order valence-corrected chi connectivity index (χ0v) is 10.6. The van der Waals surface area contributed by atoms with Crippen LogP contribution in [-0.4, -0.2) is 35.2 Å². The Morgan fingerprint density at radius 2 is 2.06 bits per heavy atom. The van der Waals surface area contributed by atoms with Gasteiger partial charge in [-0.3, -0.25) is 5.43 Å². The van der Waals surface area contributed by atoms with Crippen molar-refractivity contribution in [2.75, 3.05) is 30.5 Å². The Hall–Kier alpha value is -1.63. The molecule has 7 heteroatoms. The van der Waals surface area contributed by atoms with Crippen molar-refractivity contribution in [3.63, 3.8) is 0 Å². The van der Waals surface area contributed by atoms with E-state index >= 15 is 0 Å². The van der Waals surface area contributed by atoms with E-state index in [1.165, 1.54) is 0 Å². The number of ether oxygens (including phenoxy) is 1. The Bertz CT molecular complexity index is 346. The molecule has 1 rings (SSSR count). The molecule has 0 aliphatic rings. The maximum absolute atomic E-state index is 5.31. The maximum Gasteiger partial charge on any atom is 0.323 e. The molecule has 0 amide bonds. The van der Waals surface area contributed by atoms with Crippen LogP contribution < -0.4 is 20.9 Å². The summed E-state index contributed by atoms with van der Waals surface area (Å²) in [5.41, 5.74) is 2.41. The van der Waals surface area contributed by atoms with Crippen LogP contribution in [0.3, 0.4) is 0 Å². The van der Waals surface area contributed by atoms with Crippen molar-refractivity contribution in [1.29, 1.82) is 0 Å². The summed E-state index contributed by atoms with van der Waals surface area (Å²) < 4.78 is 5.26. The minimum absolute atomic E-state index is 0.286. The number of aromatic nitrogens is 3. The standard InChI is InChI=1S/C10H20N6O/c1-4-6-7-16(3)9-12-8(15-11)13-10(14-9)17-5-2/h4-7,11H2,1-3H3,(H,12,13,14,15). The number of nitrogens with zero attached hydrogens (tertiary/aromatic N) is 4. The number of nitrogens with one attached hydrogen (secondary N) is 1. The van der Waals surface area contributed by atoms with Gasteiger partial charge in [0, 0.05) is 13.6 Å². The predicted molar refractivity (Wildman–Crippen MR) is 67.0 cm³/mol. The van der Waals surface area contributed by atoms with Crippen LogP contribution in [0.5, 0.6) is 6.01 Å². The topological polar surface area (TPSA) is 89.2 Å². The normalized spacial score (nSPS) is 10.1. The number of nitrogens with two attached hydrogens (primary N) is 1. The molecule has 0 aromatic carbocycles.